The van der Waals surface area contributed by atoms with Gasteiger partial charge in [-0.15, -0.1) is 0 Å². The molecule has 3 aromatic rings. The highest BCUT2D eigenvalue weighted by molar-refractivity contribution is 6.02. The summed E-state index contributed by atoms with van der Waals surface area (Å²) in [6.07, 6.45) is 2.78. The minimum Gasteiger partial charge on any atom is -0.493 e. The highest BCUT2D eigenvalue weighted by Crippen LogP contribution is 2.59. The number of carbonyl (C=O) groups excluding carboxylic acids is 1. The van der Waals surface area contributed by atoms with Gasteiger partial charge in [0.15, 0.2) is 11.5 Å². The molecule has 0 bridgehead atoms. The Hall–Kier alpha value is -3.88. The third kappa shape index (κ3) is 4.00. The van der Waals surface area contributed by atoms with Gasteiger partial charge in [0.05, 0.1) is 36.9 Å². The van der Waals surface area contributed by atoms with Gasteiger partial charge in [-0.25, -0.2) is 15.2 Å². The van der Waals surface area contributed by atoms with Crippen molar-refractivity contribution in [1.29, 1.82) is 0 Å². The fourth-order valence-electron chi connectivity index (χ4n) is 5.08. The number of imidazole rings is 1. The van der Waals surface area contributed by atoms with E-state index < -0.39 is 16.8 Å². The van der Waals surface area contributed by atoms with Crippen LogP contribution in [0, 0.1) is 10.8 Å². The maximum atomic E-state index is 13.3. The van der Waals surface area contributed by atoms with Crippen molar-refractivity contribution in [2.24, 2.45) is 15.9 Å². The number of carboxylic acid groups (broad SMARTS) is 1. The summed E-state index contributed by atoms with van der Waals surface area (Å²) >= 11 is 0. The van der Waals surface area contributed by atoms with E-state index in [1.165, 1.54) is 20.4 Å². The predicted octanol–water partition coefficient (Wildman–Crippen LogP) is 4.34. The number of carbonyl (C=O) groups is 2. The number of carboxylic acids is 1. The number of para-hydroxylation sites is 2. The molecule has 35 heavy (non-hydrogen) atoms. The molecule has 184 valence electrons. The summed E-state index contributed by atoms with van der Waals surface area (Å²) in [5.74, 6) is -0.0803. The summed E-state index contributed by atoms with van der Waals surface area (Å²) in [4.78, 5) is 33.4. The van der Waals surface area contributed by atoms with Gasteiger partial charge in [0.25, 0.3) is 0 Å². The lowest BCUT2D eigenvalue weighted by Crippen LogP contribution is -2.45. The summed E-state index contributed by atoms with van der Waals surface area (Å²) in [5.41, 5.74) is 3.59. The number of aromatic carboxylic acids is 1. The van der Waals surface area contributed by atoms with E-state index >= 15 is 0 Å². The van der Waals surface area contributed by atoms with Crippen molar-refractivity contribution in [2.75, 3.05) is 14.2 Å². The number of rotatable bonds is 7. The van der Waals surface area contributed by atoms with Crippen LogP contribution in [0.3, 0.4) is 0 Å². The molecule has 1 aliphatic rings. The molecule has 0 radical (unpaired) electrons. The number of hydrogen-bond donors (Lipinski definition) is 3. The number of nitrogens with one attached hydrogen (secondary N) is 2. The highest BCUT2D eigenvalue weighted by atomic mass is 16.5. The predicted molar refractivity (Wildman–Crippen MR) is 132 cm³/mol. The number of hydrogen-bond acceptors (Lipinski definition) is 6. The van der Waals surface area contributed by atoms with E-state index in [4.69, 9.17) is 14.5 Å². The smallest absolute Gasteiger partial charge is 0.340 e. The van der Waals surface area contributed by atoms with Crippen LogP contribution in [0.2, 0.25) is 0 Å². The average Bonchev–Trinajstić information content (AvgIpc) is 3.36. The van der Waals surface area contributed by atoms with Crippen molar-refractivity contribution >= 4 is 29.1 Å². The second kappa shape index (κ2) is 9.05. The Morgan fingerprint density at radius 2 is 1.91 bits per heavy atom. The Labute approximate surface area is 203 Å². The van der Waals surface area contributed by atoms with E-state index in [1.807, 2.05) is 31.2 Å². The molecule has 1 aliphatic carbocycles. The molecule has 1 heterocycles. The fourth-order valence-corrected chi connectivity index (χ4v) is 5.08. The van der Waals surface area contributed by atoms with Gasteiger partial charge in [-0.3, -0.25) is 4.79 Å². The maximum Gasteiger partial charge on any atom is 0.340 e. The summed E-state index contributed by atoms with van der Waals surface area (Å²) in [6, 6.07) is 11.0. The molecule has 9 heteroatoms. The standard InChI is InChI=1S/C26H30N4O5/c1-25(2)16(22-28-17-8-6-7-9-18(17)29-22)12-13-26(25,3)24(33)30-27-14-15-10-11-19(34-4)21(35-5)20(15)23(31)32/h6-11,14,16H,12-13H2,1-5H3,(H,28,29)(H,30,33)(H,31,32)/b27-14-/t16-,26+/m1/s1. The molecule has 1 amide bonds. The summed E-state index contributed by atoms with van der Waals surface area (Å²) < 4.78 is 10.4. The van der Waals surface area contributed by atoms with Crippen molar-refractivity contribution in [3.63, 3.8) is 0 Å². The molecule has 0 unspecified atom stereocenters. The Kier molecular flexibility index (Phi) is 6.27. The van der Waals surface area contributed by atoms with Gasteiger partial charge in [-0.1, -0.05) is 32.9 Å². The molecule has 9 nitrogen and oxygen atoms in total. The molecule has 1 fully saturated rings. The Morgan fingerprint density at radius 3 is 2.57 bits per heavy atom. The minimum absolute atomic E-state index is 0.0686. The lowest BCUT2D eigenvalue weighted by Gasteiger charge is -2.39. The van der Waals surface area contributed by atoms with Crippen molar-refractivity contribution in [3.8, 4) is 11.5 Å². The first-order chi connectivity index (χ1) is 16.6. The summed E-state index contributed by atoms with van der Waals surface area (Å²) in [5, 5.41) is 13.8. The summed E-state index contributed by atoms with van der Waals surface area (Å²) in [6.45, 7) is 6.11. The molecular weight excluding hydrogens is 448 g/mol. The fraction of sp³-hybridized carbons (Fsp3) is 0.385. The van der Waals surface area contributed by atoms with Crippen LogP contribution in [0.15, 0.2) is 41.5 Å². The average molecular weight is 479 g/mol. The Bertz CT molecular complexity index is 1280. The first-order valence-corrected chi connectivity index (χ1v) is 11.4. The first-order valence-electron chi connectivity index (χ1n) is 11.4. The molecule has 0 aliphatic heterocycles. The Morgan fingerprint density at radius 1 is 1.17 bits per heavy atom. The molecule has 3 N–H and O–H groups in total. The number of H-pyrrole nitrogens is 1. The number of hydrazone groups is 1. The van der Waals surface area contributed by atoms with Crippen LogP contribution in [0.4, 0.5) is 0 Å². The number of nitrogens with zero attached hydrogens (tertiary/aromatic N) is 2. The van der Waals surface area contributed by atoms with Crippen molar-refractivity contribution < 1.29 is 24.2 Å². The summed E-state index contributed by atoms with van der Waals surface area (Å²) in [7, 11) is 2.80. The SMILES string of the molecule is COc1ccc(/C=N\NC(=O)[C@]2(C)CC[C@H](c3nc4ccccc4[nH]3)C2(C)C)c(C(=O)O)c1OC. The van der Waals surface area contributed by atoms with Crippen molar-refractivity contribution in [1.82, 2.24) is 15.4 Å². The van der Waals surface area contributed by atoms with E-state index in [0.717, 1.165) is 23.3 Å². The molecule has 4 rings (SSSR count). The van der Waals surface area contributed by atoms with Gasteiger partial charge >= 0.3 is 5.97 Å². The van der Waals surface area contributed by atoms with E-state index in [2.05, 4.69) is 29.4 Å². The van der Waals surface area contributed by atoms with E-state index in [0.29, 0.717) is 12.2 Å². The lowest BCUT2D eigenvalue weighted by molar-refractivity contribution is -0.135. The van der Waals surface area contributed by atoms with E-state index in [-0.39, 0.29) is 28.7 Å². The highest BCUT2D eigenvalue weighted by Gasteiger charge is 2.57. The van der Waals surface area contributed by atoms with Crippen LogP contribution < -0.4 is 14.9 Å². The molecule has 0 spiro atoms. The Balaban J connectivity index is 1.56. The maximum absolute atomic E-state index is 13.3. The molecular formula is C26H30N4O5. The van der Waals surface area contributed by atoms with Crippen LogP contribution in [-0.2, 0) is 4.79 Å². The zero-order valence-corrected chi connectivity index (χ0v) is 20.5. The quantitative estimate of drug-likeness (QED) is 0.343. The molecule has 0 saturated heterocycles. The van der Waals surface area contributed by atoms with Crippen molar-refractivity contribution in [2.45, 2.75) is 39.5 Å². The lowest BCUT2D eigenvalue weighted by atomic mass is 9.65. The third-order valence-corrected chi connectivity index (χ3v) is 7.63. The van der Waals surface area contributed by atoms with Crippen LogP contribution in [0.5, 0.6) is 11.5 Å². The number of amides is 1. The van der Waals surface area contributed by atoms with Crippen LogP contribution >= 0.6 is 0 Å². The first kappa shape index (κ1) is 24.3. The monoisotopic (exact) mass is 478 g/mol. The van der Waals surface area contributed by atoms with Crippen LogP contribution in [0.25, 0.3) is 11.0 Å². The van der Waals surface area contributed by atoms with Crippen molar-refractivity contribution in [3.05, 3.63) is 53.3 Å². The van der Waals surface area contributed by atoms with Gasteiger partial charge in [0.2, 0.25) is 5.91 Å². The van der Waals surface area contributed by atoms with Gasteiger partial charge in [-0.2, -0.15) is 5.10 Å². The van der Waals surface area contributed by atoms with Crippen LogP contribution in [-0.4, -0.2) is 47.4 Å². The zero-order valence-electron chi connectivity index (χ0n) is 20.5. The van der Waals surface area contributed by atoms with Crippen LogP contribution in [0.1, 0.15) is 61.3 Å². The van der Waals surface area contributed by atoms with Gasteiger partial charge in [-0.05, 0) is 42.5 Å². The number of aromatic amines is 1. The number of fused-ring (bicyclic) bond motifs is 1. The van der Waals surface area contributed by atoms with Gasteiger partial charge < -0.3 is 19.6 Å². The second-order valence-corrected chi connectivity index (χ2v) is 9.55. The van der Waals surface area contributed by atoms with E-state index in [9.17, 15) is 14.7 Å². The van der Waals surface area contributed by atoms with Gasteiger partial charge in [0.1, 0.15) is 11.4 Å². The number of benzene rings is 2. The zero-order chi connectivity index (χ0) is 25.4. The minimum atomic E-state index is -1.19. The topological polar surface area (TPSA) is 126 Å². The molecule has 2 aromatic carbocycles. The molecule has 1 aromatic heterocycles. The molecule has 1 saturated carbocycles. The largest absolute Gasteiger partial charge is 0.493 e. The number of aromatic nitrogens is 2. The van der Waals surface area contributed by atoms with Gasteiger partial charge in [0, 0.05) is 11.5 Å². The number of methoxy groups -OCH3 is 2. The van der Waals surface area contributed by atoms with E-state index in [1.54, 1.807) is 12.1 Å². The second-order valence-electron chi connectivity index (χ2n) is 9.55. The normalized spacial score (nSPS) is 21.3. The number of ether oxygens (including phenoxy) is 2. The molecule has 2 atom stereocenters. The third-order valence-electron chi connectivity index (χ3n) is 7.63.